The van der Waals surface area contributed by atoms with Gasteiger partial charge in [0.15, 0.2) is 17.4 Å². The molecular formula is C8H4BrF3O. The Morgan fingerprint density at radius 3 is 2.31 bits per heavy atom. The van der Waals surface area contributed by atoms with Crippen LogP contribution in [-0.4, -0.2) is 5.78 Å². The lowest BCUT2D eigenvalue weighted by Gasteiger charge is -2.03. The fraction of sp³-hybridized carbons (Fsp3) is 0.125. The number of Topliss-reactive ketones (excluding diaryl/α,β-unsaturated/α-hetero) is 1. The van der Waals surface area contributed by atoms with Crippen molar-refractivity contribution >= 4 is 21.7 Å². The van der Waals surface area contributed by atoms with Gasteiger partial charge in [0.1, 0.15) is 5.82 Å². The highest BCUT2D eigenvalue weighted by molar-refractivity contribution is 9.10. The van der Waals surface area contributed by atoms with E-state index in [2.05, 4.69) is 15.9 Å². The van der Waals surface area contributed by atoms with Crippen LogP contribution >= 0.6 is 15.9 Å². The van der Waals surface area contributed by atoms with Gasteiger partial charge in [0.25, 0.3) is 0 Å². The third-order valence-corrected chi connectivity index (χ3v) is 2.04. The number of rotatable bonds is 1. The first-order chi connectivity index (χ1) is 5.95. The molecule has 0 bridgehead atoms. The molecule has 0 aliphatic carbocycles. The van der Waals surface area contributed by atoms with Crippen LogP contribution in [0.2, 0.25) is 0 Å². The summed E-state index contributed by atoms with van der Waals surface area (Å²) in [4.78, 5) is 10.7. The van der Waals surface area contributed by atoms with Crippen molar-refractivity contribution < 1.29 is 18.0 Å². The van der Waals surface area contributed by atoms with E-state index in [-0.39, 0.29) is 4.47 Å². The van der Waals surface area contributed by atoms with Crippen LogP contribution in [0.1, 0.15) is 17.3 Å². The van der Waals surface area contributed by atoms with Gasteiger partial charge in [-0.3, -0.25) is 4.79 Å². The highest BCUT2D eigenvalue weighted by atomic mass is 79.9. The molecule has 0 atom stereocenters. The van der Waals surface area contributed by atoms with Gasteiger partial charge in [0.2, 0.25) is 0 Å². The summed E-state index contributed by atoms with van der Waals surface area (Å²) in [5.41, 5.74) is -0.847. The molecule has 0 radical (unpaired) electrons. The van der Waals surface area contributed by atoms with Crippen LogP contribution in [0.5, 0.6) is 0 Å². The second-order valence-corrected chi connectivity index (χ2v) is 3.25. The van der Waals surface area contributed by atoms with Crippen LogP contribution in [0.4, 0.5) is 13.2 Å². The predicted molar refractivity (Wildman–Crippen MR) is 44.0 cm³/mol. The van der Waals surface area contributed by atoms with Crippen LogP contribution in [0.3, 0.4) is 0 Å². The van der Waals surface area contributed by atoms with Crippen LogP contribution < -0.4 is 0 Å². The highest BCUT2D eigenvalue weighted by Gasteiger charge is 2.20. The van der Waals surface area contributed by atoms with Crippen molar-refractivity contribution in [1.82, 2.24) is 0 Å². The van der Waals surface area contributed by atoms with Gasteiger partial charge in [-0.05, 0) is 28.9 Å². The molecule has 1 nitrogen and oxygen atoms in total. The zero-order chi connectivity index (χ0) is 10.2. The number of carbonyl (C=O) groups excluding carboxylic acids is 1. The van der Waals surface area contributed by atoms with Crippen LogP contribution in [0.15, 0.2) is 10.5 Å². The summed E-state index contributed by atoms with van der Waals surface area (Å²) in [7, 11) is 0. The van der Waals surface area contributed by atoms with Crippen LogP contribution in [0, 0.1) is 17.5 Å². The molecule has 0 N–H and O–H groups in total. The molecule has 1 aromatic rings. The number of halogens is 4. The molecule has 0 saturated heterocycles. The average Bonchev–Trinajstić information content (AvgIpc) is 1.99. The topological polar surface area (TPSA) is 17.1 Å². The SMILES string of the molecule is CC(=O)c1c(F)cc(Br)c(F)c1F. The average molecular weight is 253 g/mol. The monoisotopic (exact) mass is 252 g/mol. The van der Waals surface area contributed by atoms with Crippen LogP contribution in [0.25, 0.3) is 0 Å². The number of benzene rings is 1. The Morgan fingerprint density at radius 1 is 1.31 bits per heavy atom. The largest absolute Gasteiger partial charge is 0.294 e. The summed E-state index contributed by atoms with van der Waals surface area (Å²) in [6.45, 7) is 0.967. The van der Waals surface area contributed by atoms with E-state index in [9.17, 15) is 18.0 Å². The van der Waals surface area contributed by atoms with Crippen molar-refractivity contribution in [3.63, 3.8) is 0 Å². The van der Waals surface area contributed by atoms with Crippen LogP contribution in [-0.2, 0) is 0 Å². The molecule has 5 heteroatoms. The molecule has 1 rings (SSSR count). The van der Waals surface area contributed by atoms with Crippen molar-refractivity contribution in [3.05, 3.63) is 33.6 Å². The third-order valence-electron chi connectivity index (χ3n) is 1.47. The summed E-state index contributed by atoms with van der Waals surface area (Å²) in [6, 6.07) is 0.717. The molecule has 0 aliphatic rings. The molecule has 13 heavy (non-hydrogen) atoms. The van der Waals surface area contributed by atoms with Crippen molar-refractivity contribution in [2.45, 2.75) is 6.92 Å². The van der Waals surface area contributed by atoms with Gasteiger partial charge >= 0.3 is 0 Å². The van der Waals surface area contributed by atoms with Crippen molar-refractivity contribution in [2.24, 2.45) is 0 Å². The Morgan fingerprint density at radius 2 is 1.85 bits per heavy atom. The lowest BCUT2D eigenvalue weighted by atomic mass is 10.1. The minimum absolute atomic E-state index is 0.340. The molecule has 0 heterocycles. The Hall–Kier alpha value is -0.840. The van der Waals surface area contributed by atoms with Gasteiger partial charge in [-0.2, -0.15) is 0 Å². The second kappa shape index (κ2) is 3.49. The molecule has 70 valence electrons. The van der Waals surface area contributed by atoms with E-state index in [0.717, 1.165) is 13.0 Å². The first-order valence-corrected chi connectivity index (χ1v) is 4.08. The fourth-order valence-corrected chi connectivity index (χ4v) is 1.26. The minimum Gasteiger partial charge on any atom is -0.294 e. The standard InChI is InChI=1S/C8H4BrF3O/c1-3(13)6-5(10)2-4(9)7(11)8(6)12/h2H,1H3. The smallest absolute Gasteiger partial charge is 0.173 e. The fourth-order valence-electron chi connectivity index (χ4n) is 0.889. The number of carbonyl (C=O) groups is 1. The summed E-state index contributed by atoms with van der Waals surface area (Å²) < 4.78 is 38.2. The summed E-state index contributed by atoms with van der Waals surface area (Å²) in [6.07, 6.45) is 0. The molecule has 0 aliphatic heterocycles. The minimum atomic E-state index is -1.46. The van der Waals surface area contributed by atoms with Crippen molar-refractivity contribution in [2.75, 3.05) is 0 Å². The summed E-state index contributed by atoms with van der Waals surface area (Å²) >= 11 is 2.61. The Balaban J connectivity index is 3.53. The van der Waals surface area contributed by atoms with Gasteiger partial charge in [-0.1, -0.05) is 0 Å². The maximum absolute atomic E-state index is 12.9. The lowest BCUT2D eigenvalue weighted by molar-refractivity contribution is 0.100. The van der Waals surface area contributed by atoms with E-state index in [1.165, 1.54) is 0 Å². The first-order valence-electron chi connectivity index (χ1n) is 3.29. The van der Waals surface area contributed by atoms with Crippen molar-refractivity contribution in [3.8, 4) is 0 Å². The van der Waals surface area contributed by atoms with E-state index in [1.807, 2.05) is 0 Å². The van der Waals surface area contributed by atoms with E-state index in [0.29, 0.717) is 0 Å². The quantitative estimate of drug-likeness (QED) is 0.427. The normalized spacial score (nSPS) is 10.2. The number of hydrogen-bond donors (Lipinski definition) is 0. The molecular weight excluding hydrogens is 249 g/mol. The van der Waals surface area contributed by atoms with E-state index < -0.39 is 28.8 Å². The van der Waals surface area contributed by atoms with Gasteiger partial charge in [0.05, 0.1) is 10.0 Å². The zero-order valence-electron chi connectivity index (χ0n) is 6.50. The summed E-state index contributed by atoms with van der Waals surface area (Å²) in [5.74, 6) is -4.63. The zero-order valence-corrected chi connectivity index (χ0v) is 8.08. The molecule has 1 aromatic carbocycles. The molecule has 0 unspecified atom stereocenters. The Kier molecular flexibility index (Phi) is 2.75. The molecule has 0 amide bonds. The van der Waals surface area contributed by atoms with E-state index in [1.54, 1.807) is 0 Å². The van der Waals surface area contributed by atoms with Gasteiger partial charge < -0.3 is 0 Å². The van der Waals surface area contributed by atoms with Gasteiger partial charge in [0, 0.05) is 0 Å². The van der Waals surface area contributed by atoms with E-state index >= 15 is 0 Å². The Labute approximate surface area is 80.7 Å². The Bertz CT molecular complexity index is 376. The van der Waals surface area contributed by atoms with Crippen molar-refractivity contribution in [1.29, 1.82) is 0 Å². The number of hydrogen-bond acceptors (Lipinski definition) is 1. The molecule has 0 fully saturated rings. The number of ketones is 1. The molecule has 0 aromatic heterocycles. The highest BCUT2D eigenvalue weighted by Crippen LogP contribution is 2.24. The second-order valence-electron chi connectivity index (χ2n) is 2.40. The summed E-state index contributed by atoms with van der Waals surface area (Å²) in [5, 5.41) is 0. The maximum atomic E-state index is 12.9. The lowest BCUT2D eigenvalue weighted by Crippen LogP contribution is -2.04. The van der Waals surface area contributed by atoms with Gasteiger partial charge in [-0.25, -0.2) is 13.2 Å². The molecule has 0 saturated carbocycles. The van der Waals surface area contributed by atoms with E-state index in [4.69, 9.17) is 0 Å². The predicted octanol–water partition coefficient (Wildman–Crippen LogP) is 3.07. The first kappa shape index (κ1) is 10.2. The third kappa shape index (κ3) is 1.75. The maximum Gasteiger partial charge on any atom is 0.173 e. The van der Waals surface area contributed by atoms with Gasteiger partial charge in [-0.15, -0.1) is 0 Å². The molecule has 0 spiro atoms.